The van der Waals surface area contributed by atoms with E-state index in [2.05, 4.69) is 10.6 Å². The first-order valence-electron chi connectivity index (χ1n) is 7.76. The van der Waals surface area contributed by atoms with E-state index < -0.39 is 0 Å². The number of para-hydroxylation sites is 1. The minimum absolute atomic E-state index is 0.101. The van der Waals surface area contributed by atoms with E-state index in [9.17, 15) is 9.59 Å². The number of nitrogens with one attached hydrogen (secondary N) is 2. The monoisotopic (exact) mass is 342 g/mol. The third-order valence-electron chi connectivity index (χ3n) is 3.54. The number of thioether (sulfide) groups is 1. The zero-order valence-electron chi connectivity index (χ0n) is 14.2. The van der Waals surface area contributed by atoms with Crippen molar-refractivity contribution in [3.05, 3.63) is 59.2 Å². The summed E-state index contributed by atoms with van der Waals surface area (Å²) in [7, 11) is 0. The predicted octanol–water partition coefficient (Wildman–Crippen LogP) is 3.92. The van der Waals surface area contributed by atoms with E-state index in [1.807, 2.05) is 63.2 Å². The van der Waals surface area contributed by atoms with Crippen molar-refractivity contribution in [3.63, 3.8) is 0 Å². The molecule has 0 spiro atoms. The summed E-state index contributed by atoms with van der Waals surface area (Å²) < 4.78 is 0. The van der Waals surface area contributed by atoms with Crippen LogP contribution in [0.1, 0.15) is 16.7 Å². The summed E-state index contributed by atoms with van der Waals surface area (Å²) in [5, 5.41) is 5.74. The number of hydrogen-bond acceptors (Lipinski definition) is 3. The summed E-state index contributed by atoms with van der Waals surface area (Å²) in [6, 6.07) is 13.5. The van der Waals surface area contributed by atoms with Gasteiger partial charge >= 0.3 is 0 Å². The van der Waals surface area contributed by atoms with Crippen molar-refractivity contribution in [1.29, 1.82) is 0 Å². The molecule has 0 aromatic heterocycles. The van der Waals surface area contributed by atoms with E-state index in [-0.39, 0.29) is 23.3 Å². The van der Waals surface area contributed by atoms with Crippen LogP contribution in [0.5, 0.6) is 0 Å². The van der Waals surface area contributed by atoms with E-state index in [1.165, 1.54) is 11.8 Å². The normalized spacial score (nSPS) is 10.3. The highest BCUT2D eigenvalue weighted by molar-refractivity contribution is 8.00. The maximum Gasteiger partial charge on any atom is 0.234 e. The first-order chi connectivity index (χ1) is 11.5. The van der Waals surface area contributed by atoms with Crippen molar-refractivity contribution in [2.75, 3.05) is 22.1 Å². The SMILES string of the molecule is Cc1ccc(NC(=O)CSCC(=O)Nc2ccccc2C)c(C)c1. The maximum absolute atomic E-state index is 12.0. The molecule has 5 heteroatoms. The van der Waals surface area contributed by atoms with Crippen molar-refractivity contribution < 1.29 is 9.59 Å². The fraction of sp³-hybridized carbons (Fsp3) is 0.263. The number of anilines is 2. The molecular weight excluding hydrogens is 320 g/mol. The molecule has 24 heavy (non-hydrogen) atoms. The average molecular weight is 342 g/mol. The fourth-order valence-corrected chi connectivity index (χ4v) is 2.89. The third kappa shape index (κ3) is 5.42. The molecule has 2 rings (SSSR count). The Morgan fingerprint density at radius 1 is 0.833 bits per heavy atom. The first kappa shape index (κ1) is 18.1. The molecule has 0 fully saturated rings. The van der Waals surface area contributed by atoms with Crippen molar-refractivity contribution in [2.45, 2.75) is 20.8 Å². The molecule has 2 amide bonds. The number of carbonyl (C=O) groups is 2. The first-order valence-corrected chi connectivity index (χ1v) is 8.91. The Labute approximate surface area is 147 Å². The van der Waals surface area contributed by atoms with E-state index >= 15 is 0 Å². The van der Waals surface area contributed by atoms with Crippen LogP contribution < -0.4 is 10.6 Å². The third-order valence-corrected chi connectivity index (χ3v) is 4.47. The van der Waals surface area contributed by atoms with Crippen LogP contribution >= 0.6 is 11.8 Å². The lowest BCUT2D eigenvalue weighted by atomic mass is 10.1. The molecule has 0 bridgehead atoms. The van der Waals surface area contributed by atoms with E-state index in [0.717, 1.165) is 28.1 Å². The quantitative estimate of drug-likeness (QED) is 0.836. The van der Waals surface area contributed by atoms with E-state index in [0.29, 0.717) is 0 Å². The Balaban J connectivity index is 1.76. The lowest BCUT2D eigenvalue weighted by Gasteiger charge is -2.10. The smallest absolute Gasteiger partial charge is 0.234 e. The van der Waals surface area contributed by atoms with Gasteiger partial charge in [0.15, 0.2) is 0 Å². The molecule has 0 heterocycles. The van der Waals surface area contributed by atoms with Gasteiger partial charge in [-0.15, -0.1) is 11.8 Å². The highest BCUT2D eigenvalue weighted by Crippen LogP contribution is 2.17. The molecule has 126 valence electrons. The number of benzene rings is 2. The minimum atomic E-state index is -0.103. The predicted molar refractivity (Wildman–Crippen MR) is 102 cm³/mol. The molecule has 0 aliphatic rings. The molecular formula is C19H22N2O2S. The van der Waals surface area contributed by atoms with Gasteiger partial charge in [0.05, 0.1) is 11.5 Å². The second-order valence-corrected chi connectivity index (χ2v) is 6.71. The number of aryl methyl sites for hydroxylation is 3. The number of amides is 2. The molecule has 0 radical (unpaired) electrons. The van der Waals surface area contributed by atoms with Crippen LogP contribution in [0.25, 0.3) is 0 Å². The van der Waals surface area contributed by atoms with Gasteiger partial charge in [-0.05, 0) is 44.0 Å². The summed E-state index contributed by atoms with van der Waals surface area (Å²) >= 11 is 1.30. The molecule has 0 saturated heterocycles. The average Bonchev–Trinajstić information content (AvgIpc) is 2.52. The topological polar surface area (TPSA) is 58.2 Å². The van der Waals surface area contributed by atoms with Gasteiger partial charge < -0.3 is 10.6 Å². The fourth-order valence-electron chi connectivity index (χ4n) is 2.28. The zero-order chi connectivity index (χ0) is 17.5. The van der Waals surface area contributed by atoms with E-state index in [4.69, 9.17) is 0 Å². The van der Waals surface area contributed by atoms with Crippen LogP contribution in [-0.4, -0.2) is 23.3 Å². The molecule has 2 aromatic rings. The summed E-state index contributed by atoms with van der Waals surface area (Å²) in [6.45, 7) is 5.92. The van der Waals surface area contributed by atoms with Crippen LogP contribution in [0.15, 0.2) is 42.5 Å². The molecule has 0 aliphatic carbocycles. The second-order valence-electron chi connectivity index (χ2n) is 5.72. The van der Waals surface area contributed by atoms with Crippen molar-refractivity contribution in [1.82, 2.24) is 0 Å². The summed E-state index contributed by atoms with van der Waals surface area (Å²) in [5.41, 5.74) is 4.83. The minimum Gasteiger partial charge on any atom is -0.325 e. The summed E-state index contributed by atoms with van der Waals surface area (Å²) in [6.07, 6.45) is 0. The van der Waals surface area contributed by atoms with Gasteiger partial charge in [-0.2, -0.15) is 0 Å². The van der Waals surface area contributed by atoms with Crippen LogP contribution in [0.4, 0.5) is 11.4 Å². The maximum atomic E-state index is 12.0. The Hall–Kier alpha value is -2.27. The number of hydrogen-bond donors (Lipinski definition) is 2. The number of carbonyl (C=O) groups excluding carboxylic acids is 2. The van der Waals surface area contributed by atoms with Gasteiger partial charge in [0.2, 0.25) is 11.8 Å². The van der Waals surface area contributed by atoms with E-state index in [1.54, 1.807) is 0 Å². The van der Waals surface area contributed by atoms with Crippen molar-refractivity contribution >= 4 is 35.0 Å². The Bertz CT molecular complexity index is 744. The van der Waals surface area contributed by atoms with Crippen LogP contribution in [0.2, 0.25) is 0 Å². The van der Waals surface area contributed by atoms with Crippen LogP contribution in [-0.2, 0) is 9.59 Å². The molecule has 2 N–H and O–H groups in total. The highest BCUT2D eigenvalue weighted by Gasteiger charge is 2.08. The van der Waals surface area contributed by atoms with Gasteiger partial charge in [-0.25, -0.2) is 0 Å². The molecule has 0 saturated carbocycles. The summed E-state index contributed by atoms with van der Waals surface area (Å²) in [5.74, 6) is 0.285. The van der Waals surface area contributed by atoms with Gasteiger partial charge in [0.1, 0.15) is 0 Å². The Morgan fingerprint density at radius 2 is 1.42 bits per heavy atom. The van der Waals surface area contributed by atoms with Gasteiger partial charge in [0.25, 0.3) is 0 Å². The lowest BCUT2D eigenvalue weighted by Crippen LogP contribution is -2.19. The Morgan fingerprint density at radius 3 is 2.00 bits per heavy atom. The van der Waals surface area contributed by atoms with Gasteiger partial charge in [-0.1, -0.05) is 35.9 Å². The zero-order valence-corrected chi connectivity index (χ0v) is 15.0. The van der Waals surface area contributed by atoms with Crippen molar-refractivity contribution in [2.24, 2.45) is 0 Å². The molecule has 4 nitrogen and oxygen atoms in total. The molecule has 0 unspecified atom stereocenters. The second kappa shape index (κ2) is 8.55. The Kier molecular flexibility index (Phi) is 6.44. The van der Waals surface area contributed by atoms with Crippen LogP contribution in [0.3, 0.4) is 0 Å². The lowest BCUT2D eigenvalue weighted by molar-refractivity contribution is -0.114. The van der Waals surface area contributed by atoms with Crippen molar-refractivity contribution in [3.8, 4) is 0 Å². The highest BCUT2D eigenvalue weighted by atomic mass is 32.2. The molecule has 2 aromatic carbocycles. The summed E-state index contributed by atoms with van der Waals surface area (Å²) in [4.78, 5) is 23.9. The molecule has 0 atom stereocenters. The standard InChI is InChI=1S/C19H22N2O2S/c1-13-8-9-17(15(3)10-13)21-19(23)12-24-11-18(22)20-16-7-5-4-6-14(16)2/h4-10H,11-12H2,1-3H3,(H,20,22)(H,21,23). The molecule has 0 aliphatic heterocycles. The van der Waals surface area contributed by atoms with Gasteiger partial charge in [0, 0.05) is 11.4 Å². The van der Waals surface area contributed by atoms with Gasteiger partial charge in [-0.3, -0.25) is 9.59 Å². The largest absolute Gasteiger partial charge is 0.325 e. The number of rotatable bonds is 6. The van der Waals surface area contributed by atoms with Crippen LogP contribution in [0, 0.1) is 20.8 Å².